The summed E-state index contributed by atoms with van der Waals surface area (Å²) in [6, 6.07) is 8.35. The van der Waals surface area contributed by atoms with Gasteiger partial charge < -0.3 is 15.1 Å². The van der Waals surface area contributed by atoms with Crippen LogP contribution in [-0.4, -0.2) is 58.4 Å². The van der Waals surface area contributed by atoms with Gasteiger partial charge in [0.05, 0.1) is 12.4 Å². The number of aromatic nitrogens is 2. The molecule has 2 aromatic rings. The smallest absolute Gasteiger partial charge is 0.274 e. The summed E-state index contributed by atoms with van der Waals surface area (Å²) in [7, 11) is 0. The van der Waals surface area contributed by atoms with Gasteiger partial charge in [0.15, 0.2) is 0 Å². The molecular weight excluding hydrogens is 314 g/mol. The van der Waals surface area contributed by atoms with Crippen molar-refractivity contribution in [3.8, 4) is 0 Å². The molecule has 25 heavy (non-hydrogen) atoms. The molecule has 0 unspecified atom stereocenters. The highest BCUT2D eigenvalue weighted by atomic mass is 16.2. The minimum Gasteiger partial charge on any atom is -0.365 e. The van der Waals surface area contributed by atoms with Gasteiger partial charge >= 0.3 is 0 Å². The van der Waals surface area contributed by atoms with Crippen molar-refractivity contribution in [1.29, 1.82) is 0 Å². The Balaban J connectivity index is 1.54. The first-order valence-electron chi connectivity index (χ1n) is 8.79. The van der Waals surface area contributed by atoms with E-state index < -0.39 is 0 Å². The molecule has 0 radical (unpaired) electrons. The second kappa shape index (κ2) is 8.07. The summed E-state index contributed by atoms with van der Waals surface area (Å²) in [5.74, 6) is 0.640. The topological polar surface area (TPSA) is 61.4 Å². The Kier molecular flexibility index (Phi) is 5.60. The fourth-order valence-corrected chi connectivity index (χ4v) is 2.86. The van der Waals surface area contributed by atoms with Crippen LogP contribution < -0.4 is 5.32 Å². The molecule has 3 rings (SSSR count). The number of anilines is 1. The average molecular weight is 339 g/mol. The van der Waals surface area contributed by atoms with E-state index in [1.54, 1.807) is 12.4 Å². The minimum absolute atomic E-state index is 0.0339. The van der Waals surface area contributed by atoms with Crippen molar-refractivity contribution >= 4 is 11.7 Å². The van der Waals surface area contributed by atoms with Crippen LogP contribution in [0.1, 0.15) is 28.5 Å². The van der Waals surface area contributed by atoms with E-state index in [2.05, 4.69) is 58.3 Å². The number of benzene rings is 1. The van der Waals surface area contributed by atoms with Gasteiger partial charge in [-0.25, -0.2) is 9.97 Å². The van der Waals surface area contributed by atoms with Gasteiger partial charge in [-0.1, -0.05) is 36.8 Å². The number of hydrogen-bond donors (Lipinski definition) is 1. The van der Waals surface area contributed by atoms with Crippen LogP contribution in [-0.2, 0) is 6.54 Å². The zero-order valence-electron chi connectivity index (χ0n) is 14.9. The highest BCUT2D eigenvalue weighted by molar-refractivity contribution is 5.92. The number of hydrogen-bond acceptors (Lipinski definition) is 5. The summed E-state index contributed by atoms with van der Waals surface area (Å²) >= 11 is 0. The van der Waals surface area contributed by atoms with Crippen molar-refractivity contribution in [1.82, 2.24) is 19.8 Å². The molecule has 1 aromatic carbocycles. The van der Waals surface area contributed by atoms with E-state index in [1.807, 2.05) is 4.90 Å². The van der Waals surface area contributed by atoms with Gasteiger partial charge in [-0.3, -0.25) is 4.79 Å². The lowest BCUT2D eigenvalue weighted by Crippen LogP contribution is -2.48. The van der Waals surface area contributed by atoms with Gasteiger partial charge in [-0.15, -0.1) is 0 Å². The van der Waals surface area contributed by atoms with Crippen molar-refractivity contribution in [2.24, 2.45) is 0 Å². The standard InChI is InChI=1S/C19H25N5O/c1-3-23-8-10-24(11-9-23)19(25)17-13-22-18(14-20-17)21-12-16-6-4-15(2)5-7-16/h4-7,13-14H,3,8-12H2,1-2H3,(H,21,22). The number of nitrogens with zero attached hydrogens (tertiary/aromatic N) is 4. The Morgan fingerprint density at radius 1 is 1.08 bits per heavy atom. The van der Waals surface area contributed by atoms with Gasteiger partial charge in [0, 0.05) is 32.7 Å². The van der Waals surface area contributed by atoms with Crippen molar-refractivity contribution in [3.63, 3.8) is 0 Å². The van der Waals surface area contributed by atoms with Crippen LogP contribution in [0.4, 0.5) is 5.82 Å². The number of aryl methyl sites for hydroxylation is 1. The first-order chi connectivity index (χ1) is 12.2. The third-order valence-electron chi connectivity index (χ3n) is 4.57. The molecule has 0 atom stereocenters. The molecule has 132 valence electrons. The number of nitrogens with one attached hydrogen (secondary N) is 1. The van der Waals surface area contributed by atoms with Crippen LogP contribution >= 0.6 is 0 Å². The number of likely N-dealkylation sites (N-methyl/N-ethyl adjacent to an activating group) is 1. The van der Waals surface area contributed by atoms with Crippen molar-refractivity contribution in [3.05, 3.63) is 53.5 Å². The molecule has 1 amide bonds. The number of rotatable bonds is 5. The molecule has 1 aliphatic heterocycles. The molecule has 1 aliphatic rings. The highest BCUT2D eigenvalue weighted by Crippen LogP contribution is 2.10. The van der Waals surface area contributed by atoms with Gasteiger partial charge in [-0.05, 0) is 19.0 Å². The Hall–Kier alpha value is -2.47. The van der Waals surface area contributed by atoms with Gasteiger partial charge in [-0.2, -0.15) is 0 Å². The van der Waals surface area contributed by atoms with E-state index in [0.29, 0.717) is 18.1 Å². The normalized spacial score (nSPS) is 15.2. The second-order valence-electron chi connectivity index (χ2n) is 6.35. The predicted molar refractivity (Wildman–Crippen MR) is 98.6 cm³/mol. The number of carbonyl (C=O) groups is 1. The molecule has 0 bridgehead atoms. The number of carbonyl (C=O) groups excluding carboxylic acids is 1. The van der Waals surface area contributed by atoms with Crippen LogP contribution in [0.3, 0.4) is 0 Å². The average Bonchev–Trinajstić information content (AvgIpc) is 2.67. The Labute approximate surface area is 148 Å². The Bertz CT molecular complexity index is 691. The summed E-state index contributed by atoms with van der Waals surface area (Å²) < 4.78 is 0. The molecule has 1 fully saturated rings. The van der Waals surface area contributed by atoms with Gasteiger partial charge in [0.2, 0.25) is 0 Å². The molecule has 2 heterocycles. The lowest BCUT2D eigenvalue weighted by atomic mass is 10.1. The quantitative estimate of drug-likeness (QED) is 0.905. The largest absolute Gasteiger partial charge is 0.365 e. The zero-order valence-corrected chi connectivity index (χ0v) is 14.9. The molecule has 1 aromatic heterocycles. The van der Waals surface area contributed by atoms with Gasteiger partial charge in [0.25, 0.3) is 5.91 Å². The van der Waals surface area contributed by atoms with E-state index in [-0.39, 0.29) is 5.91 Å². The predicted octanol–water partition coefficient (Wildman–Crippen LogP) is 2.17. The lowest BCUT2D eigenvalue weighted by Gasteiger charge is -2.33. The molecule has 6 heteroatoms. The number of amides is 1. The fraction of sp³-hybridized carbons (Fsp3) is 0.421. The molecule has 1 saturated heterocycles. The van der Waals surface area contributed by atoms with E-state index >= 15 is 0 Å². The van der Waals surface area contributed by atoms with Crippen molar-refractivity contribution in [2.45, 2.75) is 20.4 Å². The maximum Gasteiger partial charge on any atom is 0.274 e. The SMILES string of the molecule is CCN1CCN(C(=O)c2cnc(NCc3ccc(C)cc3)cn2)CC1. The first-order valence-corrected chi connectivity index (χ1v) is 8.79. The molecular formula is C19H25N5O. The second-order valence-corrected chi connectivity index (χ2v) is 6.35. The van der Waals surface area contributed by atoms with E-state index in [9.17, 15) is 4.79 Å². The van der Waals surface area contributed by atoms with Crippen LogP contribution in [0.15, 0.2) is 36.7 Å². The maximum absolute atomic E-state index is 12.5. The first kappa shape index (κ1) is 17.4. The van der Waals surface area contributed by atoms with E-state index in [0.717, 1.165) is 32.7 Å². The third kappa shape index (κ3) is 4.54. The monoisotopic (exact) mass is 339 g/mol. The van der Waals surface area contributed by atoms with Crippen LogP contribution in [0.2, 0.25) is 0 Å². The zero-order chi connectivity index (χ0) is 17.6. The fourth-order valence-electron chi connectivity index (χ4n) is 2.86. The summed E-state index contributed by atoms with van der Waals surface area (Å²) in [5.41, 5.74) is 2.83. The van der Waals surface area contributed by atoms with Gasteiger partial charge in [0.1, 0.15) is 11.5 Å². The molecule has 1 N–H and O–H groups in total. The number of piperazine rings is 1. The summed E-state index contributed by atoms with van der Waals surface area (Å²) in [4.78, 5) is 25.3. The van der Waals surface area contributed by atoms with Crippen LogP contribution in [0.25, 0.3) is 0 Å². The van der Waals surface area contributed by atoms with Crippen LogP contribution in [0, 0.1) is 6.92 Å². The third-order valence-corrected chi connectivity index (χ3v) is 4.57. The van der Waals surface area contributed by atoms with E-state index in [1.165, 1.54) is 11.1 Å². The van der Waals surface area contributed by atoms with Crippen molar-refractivity contribution in [2.75, 3.05) is 38.0 Å². The molecule has 0 saturated carbocycles. The molecule has 6 nitrogen and oxygen atoms in total. The summed E-state index contributed by atoms with van der Waals surface area (Å²) in [5, 5.41) is 3.23. The highest BCUT2D eigenvalue weighted by Gasteiger charge is 2.22. The van der Waals surface area contributed by atoms with Crippen LogP contribution in [0.5, 0.6) is 0 Å². The Morgan fingerprint density at radius 2 is 1.80 bits per heavy atom. The summed E-state index contributed by atoms with van der Waals surface area (Å²) in [6.07, 6.45) is 3.19. The maximum atomic E-state index is 12.5. The van der Waals surface area contributed by atoms with E-state index in [4.69, 9.17) is 0 Å². The molecule has 0 spiro atoms. The summed E-state index contributed by atoms with van der Waals surface area (Å²) in [6.45, 7) is 9.28. The molecule has 0 aliphatic carbocycles. The Morgan fingerprint density at radius 3 is 2.40 bits per heavy atom. The van der Waals surface area contributed by atoms with Crippen molar-refractivity contribution < 1.29 is 4.79 Å². The lowest BCUT2D eigenvalue weighted by molar-refractivity contribution is 0.0637. The minimum atomic E-state index is -0.0339.